The van der Waals surface area contributed by atoms with Crippen LogP contribution in [0.4, 0.5) is 0 Å². The van der Waals surface area contributed by atoms with Crippen LogP contribution in [0.3, 0.4) is 0 Å². The van der Waals surface area contributed by atoms with Gasteiger partial charge in [-0.25, -0.2) is 29.3 Å². The Kier molecular flexibility index (Phi) is 40.6. The quantitative estimate of drug-likeness (QED) is 0.0174. The predicted octanol–water partition coefficient (Wildman–Crippen LogP) is 19.3. The number of halogens is 6. The molecule has 3 aliphatic rings. The van der Waals surface area contributed by atoms with Crippen molar-refractivity contribution in [1.82, 2.24) is 45.6 Å². The second-order valence-electron chi connectivity index (χ2n) is 33.4. The lowest BCUT2D eigenvalue weighted by Gasteiger charge is -2.36. The fourth-order valence-corrected chi connectivity index (χ4v) is 16.8. The highest BCUT2D eigenvalue weighted by atomic mass is 35.5. The highest BCUT2D eigenvalue weighted by Gasteiger charge is 2.46. The molecule has 684 valence electrons. The molecule has 9 aromatic rings. The van der Waals surface area contributed by atoms with Gasteiger partial charge in [-0.3, -0.25) is 14.4 Å². The number of aromatic nitrogens is 3. The van der Waals surface area contributed by atoms with Gasteiger partial charge in [-0.1, -0.05) is 179 Å². The number of carbonyl (C=O) groups is 6. The Morgan fingerprint density at radius 3 is 1.17 bits per heavy atom. The number of aliphatic carboxylic acids is 3. The van der Waals surface area contributed by atoms with Gasteiger partial charge in [-0.15, -0.1) is 37.2 Å². The molecule has 29 heteroatoms. The number of nitrogens with one attached hydrogen (secondary N) is 3. The lowest BCUT2D eigenvalue weighted by Crippen LogP contribution is -2.58. The van der Waals surface area contributed by atoms with Crippen LogP contribution in [0.5, 0.6) is 17.2 Å². The minimum atomic E-state index is -1.55. The van der Waals surface area contributed by atoms with Crippen molar-refractivity contribution in [3.63, 3.8) is 0 Å². The fourth-order valence-electron chi connectivity index (χ4n) is 16.3. The maximum Gasteiger partial charge on any atom is 0.329 e. The summed E-state index contributed by atoms with van der Waals surface area (Å²) in [5, 5.41) is 59.8. The molecule has 3 heterocycles. The standard InChI is InChI=1S/2C33H40ClN3O5.C32H38ClN3O4.3ClH/c1-5-22-9-6-7-11-25(22)26-13-15-28(31(39)36-33(32(40)41)16-8-10-24(38)18-33)35-30(26)23-12-14-27(34)29(17-23)42-20-21(2)19-37(3)4;1-4-8-22-9-5-6-10-25(22)26-12-14-28(31(39)36-33(32(40)41)17-15-24(38)16-18-33)35-30(26)23-11-13-27(34)29(21-23)42-20-7-19-37(2)3;1-4-22-11-6-7-12-24(22)25-14-16-27(30(37)35-32(31(38)39)17-8-5-9-18-32)34-29(25)23-13-15-26(33)28(21-23)40-20-10-19-36(2)3;;;/h6-7,9,11-15,17,21,24,38H,5,8,10,16,18-20H2,1-4H3,(H,36,39)(H,40,41);5-6,9-14,21,24,38H,4,7-8,15-20H2,1-3H3,(H,36,39)(H,40,41);6-7,11-16,21H,4-5,8-10,17-20H2,1-3H3,(H,35,37)(H,38,39);3*1H. The summed E-state index contributed by atoms with van der Waals surface area (Å²) in [5.74, 6) is -3.06. The Balaban J connectivity index is 0.000000258. The number of rotatable bonds is 34. The number of amides is 3. The van der Waals surface area contributed by atoms with Gasteiger partial charge in [-0.2, -0.15) is 0 Å². The normalized spacial score (nSPS) is 17.1. The van der Waals surface area contributed by atoms with Crippen LogP contribution >= 0.6 is 72.0 Å². The molecule has 8 N–H and O–H groups in total. The number of benzene rings is 6. The molecule has 0 saturated heterocycles. The predicted molar refractivity (Wildman–Crippen MR) is 511 cm³/mol. The van der Waals surface area contributed by atoms with Gasteiger partial charge in [0.05, 0.1) is 64.2 Å². The van der Waals surface area contributed by atoms with Gasteiger partial charge in [0.15, 0.2) is 0 Å². The van der Waals surface area contributed by atoms with Crippen LogP contribution in [-0.4, -0.2) is 201 Å². The van der Waals surface area contributed by atoms with Crippen molar-refractivity contribution < 1.29 is 68.5 Å². The monoisotopic (exact) mass is 1860 g/mol. The first kappa shape index (κ1) is 105. The highest BCUT2D eigenvalue weighted by Crippen LogP contribution is 2.43. The molecule has 127 heavy (non-hydrogen) atoms. The van der Waals surface area contributed by atoms with Crippen molar-refractivity contribution in [1.29, 1.82) is 0 Å². The Morgan fingerprint density at radius 1 is 0.433 bits per heavy atom. The van der Waals surface area contributed by atoms with E-state index >= 15 is 0 Å². The number of ether oxygens (including phenoxy) is 3. The second-order valence-corrected chi connectivity index (χ2v) is 34.6. The van der Waals surface area contributed by atoms with Crippen LogP contribution in [-0.2, 0) is 33.6 Å². The molecule has 0 aliphatic heterocycles. The van der Waals surface area contributed by atoms with Gasteiger partial charge >= 0.3 is 17.9 Å². The van der Waals surface area contributed by atoms with Crippen LogP contribution in [0.2, 0.25) is 15.1 Å². The zero-order chi connectivity index (χ0) is 89.4. The molecule has 3 unspecified atom stereocenters. The van der Waals surface area contributed by atoms with E-state index in [2.05, 4.69) is 82.6 Å². The smallest absolute Gasteiger partial charge is 0.329 e. The van der Waals surface area contributed by atoms with E-state index in [0.29, 0.717) is 113 Å². The van der Waals surface area contributed by atoms with Crippen LogP contribution in [0.1, 0.15) is 179 Å². The van der Waals surface area contributed by atoms with Gasteiger partial charge in [0.1, 0.15) is 50.9 Å². The lowest BCUT2D eigenvalue weighted by molar-refractivity contribution is -0.148. The summed E-state index contributed by atoms with van der Waals surface area (Å²) in [6.07, 6.45) is 9.24. The summed E-state index contributed by atoms with van der Waals surface area (Å²) < 4.78 is 18.2. The summed E-state index contributed by atoms with van der Waals surface area (Å²) in [6, 6.07) is 51.3. The van der Waals surface area contributed by atoms with Gasteiger partial charge in [-0.05, 0) is 238 Å². The van der Waals surface area contributed by atoms with E-state index in [0.717, 1.165) is 133 Å². The molecule has 6 aromatic carbocycles. The van der Waals surface area contributed by atoms with Crippen molar-refractivity contribution in [2.75, 3.05) is 81.7 Å². The van der Waals surface area contributed by atoms with Crippen molar-refractivity contribution in [2.45, 2.75) is 179 Å². The topological polar surface area (TPSA) is 316 Å². The molecule has 3 amide bonds. The van der Waals surface area contributed by atoms with Gasteiger partial charge in [0, 0.05) is 65.4 Å². The van der Waals surface area contributed by atoms with Gasteiger partial charge in [0.25, 0.3) is 17.7 Å². The number of aryl methyl sites for hydroxylation is 3. The number of aliphatic hydroxyl groups is 2. The second kappa shape index (κ2) is 49.3. The van der Waals surface area contributed by atoms with E-state index < -0.39 is 64.5 Å². The summed E-state index contributed by atoms with van der Waals surface area (Å²) in [7, 11) is 12.1. The average Bonchev–Trinajstić information content (AvgIpc) is 0.783. The van der Waals surface area contributed by atoms with E-state index in [1.54, 1.807) is 36.4 Å². The average molecular weight is 1860 g/mol. The number of carboxylic acid groups (broad SMARTS) is 3. The van der Waals surface area contributed by atoms with Crippen molar-refractivity contribution in [3.05, 3.63) is 213 Å². The maximum atomic E-state index is 13.5. The molecule has 0 radical (unpaired) electrons. The Hall–Kier alpha value is -9.47. The minimum absolute atomic E-state index is 0. The first-order valence-electron chi connectivity index (χ1n) is 42.9. The molecular formula is C98H121Cl6N9O14. The number of carboxylic acids is 3. The number of aliphatic hydroxyl groups excluding tert-OH is 2. The zero-order valence-electron chi connectivity index (χ0n) is 74.0. The van der Waals surface area contributed by atoms with Crippen LogP contribution in [0, 0.1) is 5.92 Å². The molecular weight excluding hydrogens is 1740 g/mol. The Bertz CT molecular complexity index is 5200. The largest absolute Gasteiger partial charge is 0.492 e. The lowest BCUT2D eigenvalue weighted by atomic mass is 9.80. The van der Waals surface area contributed by atoms with E-state index in [9.17, 15) is 54.3 Å². The third-order valence-electron chi connectivity index (χ3n) is 22.9. The number of nitrogens with zero attached hydrogens (tertiary/aromatic N) is 6. The minimum Gasteiger partial charge on any atom is -0.492 e. The summed E-state index contributed by atoms with van der Waals surface area (Å²) in [6.45, 7) is 12.6. The van der Waals surface area contributed by atoms with E-state index in [4.69, 9.17) is 64.0 Å². The maximum absolute atomic E-state index is 13.5. The Morgan fingerprint density at radius 2 is 0.795 bits per heavy atom. The van der Waals surface area contributed by atoms with Crippen molar-refractivity contribution in [3.8, 4) is 84.4 Å². The molecule has 3 fully saturated rings. The first-order chi connectivity index (χ1) is 59.4. The van der Waals surface area contributed by atoms with Crippen molar-refractivity contribution >= 4 is 108 Å². The molecule has 0 spiro atoms. The fraction of sp³-hybridized carbons (Fsp3) is 0.418. The van der Waals surface area contributed by atoms with E-state index in [1.165, 1.54) is 5.56 Å². The number of hydrogen-bond donors (Lipinski definition) is 8. The third-order valence-corrected chi connectivity index (χ3v) is 23.9. The van der Waals surface area contributed by atoms with Gasteiger partial charge < -0.3 is 70.4 Å². The number of carbonyl (C=O) groups excluding carboxylic acids is 3. The van der Waals surface area contributed by atoms with E-state index in [1.807, 2.05) is 145 Å². The molecule has 3 saturated carbocycles. The van der Waals surface area contributed by atoms with Gasteiger partial charge in [0.2, 0.25) is 0 Å². The Labute approximate surface area is 779 Å². The number of pyridine rings is 3. The summed E-state index contributed by atoms with van der Waals surface area (Å²) in [4.78, 5) is 97.9. The van der Waals surface area contributed by atoms with Crippen LogP contribution < -0.4 is 30.2 Å². The molecule has 23 nitrogen and oxygen atoms in total. The van der Waals surface area contributed by atoms with Crippen molar-refractivity contribution in [2.24, 2.45) is 5.92 Å². The van der Waals surface area contributed by atoms with E-state index in [-0.39, 0.29) is 85.9 Å². The first-order valence-corrected chi connectivity index (χ1v) is 44.1. The molecule has 12 rings (SSSR count). The highest BCUT2D eigenvalue weighted by molar-refractivity contribution is 6.33. The summed E-state index contributed by atoms with van der Waals surface area (Å²) >= 11 is 19.5. The van der Waals surface area contributed by atoms with Crippen LogP contribution in [0.25, 0.3) is 67.2 Å². The summed E-state index contributed by atoms with van der Waals surface area (Å²) in [5.41, 5.74) is 9.08. The number of hydrogen-bond acceptors (Lipinski definition) is 17. The van der Waals surface area contributed by atoms with Crippen LogP contribution in [0.15, 0.2) is 164 Å². The molecule has 3 aliphatic carbocycles. The molecule has 0 bridgehead atoms. The molecule has 3 aromatic heterocycles. The third kappa shape index (κ3) is 27.8. The molecule has 3 atom stereocenters. The zero-order valence-corrected chi connectivity index (χ0v) is 78.7. The SMILES string of the molecule is CCCc1ccccc1-c1ccc(C(=O)NC2(C(=O)O)CCC(O)CC2)nc1-c1ccc(Cl)c(OCCCN(C)C)c1.CCc1ccccc1-c1ccc(C(=O)NC2(C(=O)O)CCCC(O)C2)nc1-c1ccc(Cl)c(OCC(C)CN(C)C)c1.CCc1ccccc1-c1ccc(C(=O)NC2(C(=O)O)CCCCC2)nc1-c1ccc(Cl)c(OCCCN(C)C)c1.Cl.Cl.Cl.